The fraction of sp³-hybridized carbons (Fsp3) is 0.600. The first-order valence-corrected chi connectivity index (χ1v) is 5.18. The van der Waals surface area contributed by atoms with Crippen LogP contribution < -0.4 is 10.6 Å². The number of anilines is 2. The van der Waals surface area contributed by atoms with Crippen molar-refractivity contribution in [1.82, 2.24) is 9.97 Å². The molecule has 1 aromatic rings. The van der Waals surface area contributed by atoms with E-state index in [0.717, 1.165) is 30.8 Å². The van der Waals surface area contributed by atoms with Crippen LogP contribution in [0.4, 0.5) is 11.6 Å². The lowest BCUT2D eigenvalue weighted by Gasteiger charge is -2.31. The number of rotatable bonds is 1. The van der Waals surface area contributed by atoms with Crippen LogP contribution in [0.1, 0.15) is 18.4 Å². The highest BCUT2D eigenvalue weighted by atomic mass is 16.3. The summed E-state index contributed by atoms with van der Waals surface area (Å²) in [6.07, 6.45) is 3.08. The SMILES string of the molecule is Cc1c(N)ncnc1N1CCCC(O)C1. The largest absolute Gasteiger partial charge is 0.391 e. The summed E-state index contributed by atoms with van der Waals surface area (Å²) in [5.74, 6) is 1.36. The summed E-state index contributed by atoms with van der Waals surface area (Å²) in [6.45, 7) is 3.47. The lowest BCUT2D eigenvalue weighted by molar-refractivity contribution is 0.154. The van der Waals surface area contributed by atoms with Gasteiger partial charge in [-0.15, -0.1) is 0 Å². The Kier molecular flexibility index (Phi) is 2.73. The second-order valence-electron chi connectivity index (χ2n) is 3.95. The second-order valence-corrected chi connectivity index (χ2v) is 3.95. The number of aromatic nitrogens is 2. The Hall–Kier alpha value is -1.36. The first kappa shape index (κ1) is 10.2. The zero-order valence-corrected chi connectivity index (χ0v) is 8.85. The predicted octanol–water partition coefficient (Wildman–Crippen LogP) is 0.328. The third-order valence-corrected chi connectivity index (χ3v) is 2.79. The van der Waals surface area contributed by atoms with Gasteiger partial charge in [-0.25, -0.2) is 9.97 Å². The van der Waals surface area contributed by atoms with Gasteiger partial charge in [-0.1, -0.05) is 0 Å². The van der Waals surface area contributed by atoms with Gasteiger partial charge in [0.1, 0.15) is 18.0 Å². The Balaban J connectivity index is 2.24. The van der Waals surface area contributed by atoms with E-state index in [0.29, 0.717) is 12.4 Å². The molecule has 1 aliphatic rings. The lowest BCUT2D eigenvalue weighted by atomic mass is 10.1. The smallest absolute Gasteiger partial charge is 0.137 e. The average Bonchev–Trinajstić information content (AvgIpc) is 2.22. The number of β-amino-alcohol motifs (C(OH)–C–C–N with tert-alkyl or cyclic N) is 1. The van der Waals surface area contributed by atoms with Crippen molar-refractivity contribution in [2.75, 3.05) is 23.7 Å². The molecule has 1 atom stereocenters. The van der Waals surface area contributed by atoms with E-state index in [4.69, 9.17) is 5.73 Å². The molecule has 0 bridgehead atoms. The number of nitrogen functional groups attached to an aromatic ring is 1. The van der Waals surface area contributed by atoms with Gasteiger partial charge < -0.3 is 15.7 Å². The molecule has 0 aliphatic carbocycles. The predicted molar refractivity (Wildman–Crippen MR) is 58.6 cm³/mol. The minimum absolute atomic E-state index is 0.255. The Morgan fingerprint density at radius 2 is 2.33 bits per heavy atom. The Morgan fingerprint density at radius 1 is 1.53 bits per heavy atom. The lowest BCUT2D eigenvalue weighted by Crippen LogP contribution is -2.39. The van der Waals surface area contributed by atoms with Gasteiger partial charge >= 0.3 is 0 Å². The molecule has 15 heavy (non-hydrogen) atoms. The van der Waals surface area contributed by atoms with Crippen molar-refractivity contribution < 1.29 is 5.11 Å². The number of aliphatic hydroxyl groups is 1. The summed E-state index contributed by atoms with van der Waals surface area (Å²) in [7, 11) is 0. The summed E-state index contributed by atoms with van der Waals surface area (Å²) in [4.78, 5) is 10.2. The molecule has 2 rings (SSSR count). The molecule has 1 aromatic heterocycles. The third kappa shape index (κ3) is 2.02. The molecule has 0 radical (unpaired) electrons. The Morgan fingerprint density at radius 3 is 3.07 bits per heavy atom. The van der Waals surface area contributed by atoms with E-state index in [-0.39, 0.29) is 6.10 Å². The van der Waals surface area contributed by atoms with Gasteiger partial charge in [-0.05, 0) is 19.8 Å². The molecule has 2 heterocycles. The average molecular weight is 208 g/mol. The second kappa shape index (κ2) is 4.02. The molecule has 0 aromatic carbocycles. The van der Waals surface area contributed by atoms with Crippen molar-refractivity contribution >= 4 is 11.6 Å². The highest BCUT2D eigenvalue weighted by molar-refractivity contribution is 5.55. The number of nitrogens with two attached hydrogens (primary N) is 1. The zero-order chi connectivity index (χ0) is 10.8. The summed E-state index contributed by atoms with van der Waals surface area (Å²) in [5, 5.41) is 9.58. The van der Waals surface area contributed by atoms with Crippen LogP contribution in [0.5, 0.6) is 0 Å². The van der Waals surface area contributed by atoms with Crippen LogP contribution in [-0.2, 0) is 0 Å². The summed E-state index contributed by atoms with van der Waals surface area (Å²) >= 11 is 0. The molecule has 5 nitrogen and oxygen atoms in total. The van der Waals surface area contributed by atoms with E-state index < -0.39 is 0 Å². The van der Waals surface area contributed by atoms with Crippen LogP contribution in [-0.4, -0.2) is 34.3 Å². The minimum Gasteiger partial charge on any atom is -0.391 e. The molecule has 5 heteroatoms. The van der Waals surface area contributed by atoms with E-state index in [2.05, 4.69) is 14.9 Å². The third-order valence-electron chi connectivity index (χ3n) is 2.79. The minimum atomic E-state index is -0.255. The van der Waals surface area contributed by atoms with Gasteiger partial charge in [0.2, 0.25) is 0 Å². The molecular weight excluding hydrogens is 192 g/mol. The van der Waals surface area contributed by atoms with Gasteiger partial charge in [0.15, 0.2) is 0 Å². The van der Waals surface area contributed by atoms with Gasteiger partial charge in [0.05, 0.1) is 6.10 Å². The van der Waals surface area contributed by atoms with Crippen molar-refractivity contribution in [2.45, 2.75) is 25.9 Å². The van der Waals surface area contributed by atoms with Crippen LogP contribution in [0.15, 0.2) is 6.33 Å². The van der Waals surface area contributed by atoms with Gasteiger partial charge in [-0.2, -0.15) is 0 Å². The maximum absolute atomic E-state index is 9.58. The van der Waals surface area contributed by atoms with Gasteiger partial charge in [0, 0.05) is 18.7 Å². The van der Waals surface area contributed by atoms with Crippen molar-refractivity contribution in [3.63, 3.8) is 0 Å². The van der Waals surface area contributed by atoms with E-state index >= 15 is 0 Å². The molecule has 3 N–H and O–H groups in total. The summed E-state index contributed by atoms with van der Waals surface area (Å²) < 4.78 is 0. The Bertz CT molecular complexity index is 355. The quantitative estimate of drug-likeness (QED) is 0.695. The van der Waals surface area contributed by atoms with Gasteiger partial charge in [-0.3, -0.25) is 0 Å². The highest BCUT2D eigenvalue weighted by Crippen LogP contribution is 2.23. The summed E-state index contributed by atoms with van der Waals surface area (Å²) in [5.41, 5.74) is 6.62. The molecule has 0 saturated carbocycles. The summed E-state index contributed by atoms with van der Waals surface area (Å²) in [6, 6.07) is 0. The number of hydrogen-bond donors (Lipinski definition) is 2. The zero-order valence-electron chi connectivity index (χ0n) is 8.85. The molecule has 0 amide bonds. The highest BCUT2D eigenvalue weighted by Gasteiger charge is 2.20. The molecule has 1 saturated heterocycles. The van der Waals surface area contributed by atoms with Crippen LogP contribution in [0.3, 0.4) is 0 Å². The molecule has 82 valence electrons. The fourth-order valence-electron chi connectivity index (χ4n) is 1.92. The van der Waals surface area contributed by atoms with Crippen molar-refractivity contribution in [3.05, 3.63) is 11.9 Å². The van der Waals surface area contributed by atoms with E-state index in [1.165, 1.54) is 6.33 Å². The number of aliphatic hydroxyl groups excluding tert-OH is 1. The normalized spacial score (nSPS) is 21.7. The molecular formula is C10H16N4O. The van der Waals surface area contributed by atoms with Crippen LogP contribution in [0.2, 0.25) is 0 Å². The Labute approximate surface area is 88.9 Å². The van der Waals surface area contributed by atoms with E-state index in [9.17, 15) is 5.11 Å². The molecule has 1 unspecified atom stereocenters. The van der Waals surface area contributed by atoms with Crippen LogP contribution >= 0.6 is 0 Å². The first-order chi connectivity index (χ1) is 7.18. The molecule has 0 spiro atoms. The maximum atomic E-state index is 9.58. The number of piperidine rings is 1. The molecule has 1 fully saturated rings. The van der Waals surface area contributed by atoms with E-state index in [1.807, 2.05) is 6.92 Å². The van der Waals surface area contributed by atoms with Crippen molar-refractivity contribution in [1.29, 1.82) is 0 Å². The topological polar surface area (TPSA) is 75.3 Å². The fourth-order valence-corrected chi connectivity index (χ4v) is 1.92. The maximum Gasteiger partial charge on any atom is 0.137 e. The standard InChI is InChI=1S/C10H16N4O/c1-7-9(11)12-6-13-10(7)14-4-2-3-8(15)5-14/h6,8,15H,2-5H2,1H3,(H2,11,12,13). The van der Waals surface area contributed by atoms with Gasteiger partial charge in [0.25, 0.3) is 0 Å². The number of nitrogens with zero attached hydrogens (tertiary/aromatic N) is 3. The van der Waals surface area contributed by atoms with Crippen molar-refractivity contribution in [2.24, 2.45) is 0 Å². The molecule has 1 aliphatic heterocycles. The van der Waals surface area contributed by atoms with Crippen LogP contribution in [0.25, 0.3) is 0 Å². The van der Waals surface area contributed by atoms with Crippen LogP contribution in [0, 0.1) is 6.92 Å². The first-order valence-electron chi connectivity index (χ1n) is 5.18. The monoisotopic (exact) mass is 208 g/mol. The van der Waals surface area contributed by atoms with E-state index in [1.54, 1.807) is 0 Å². The van der Waals surface area contributed by atoms with Crippen molar-refractivity contribution in [3.8, 4) is 0 Å². The number of hydrogen-bond acceptors (Lipinski definition) is 5.